The van der Waals surface area contributed by atoms with Gasteiger partial charge in [0.2, 0.25) is 0 Å². The fourth-order valence-corrected chi connectivity index (χ4v) is 1.96. The number of hydrogen-bond donors (Lipinski definition) is 2. The van der Waals surface area contributed by atoms with Crippen LogP contribution in [0, 0.1) is 6.92 Å². The van der Waals surface area contributed by atoms with Gasteiger partial charge >= 0.3 is 0 Å². The lowest BCUT2D eigenvalue weighted by Gasteiger charge is -2.11. The van der Waals surface area contributed by atoms with E-state index in [4.69, 9.17) is 0 Å². The van der Waals surface area contributed by atoms with E-state index < -0.39 is 0 Å². The number of aromatic nitrogens is 2. The first-order chi connectivity index (χ1) is 8.70. The fourth-order valence-electron chi connectivity index (χ4n) is 1.96. The highest BCUT2D eigenvalue weighted by molar-refractivity contribution is 5.53. The van der Waals surface area contributed by atoms with Gasteiger partial charge in [-0.25, -0.2) is 0 Å². The molecule has 96 valence electrons. The first-order valence-electron chi connectivity index (χ1n) is 6.25. The van der Waals surface area contributed by atoms with E-state index in [0.29, 0.717) is 5.75 Å². The van der Waals surface area contributed by atoms with Gasteiger partial charge in [-0.2, -0.15) is 5.10 Å². The molecule has 0 aliphatic heterocycles. The molecule has 0 spiro atoms. The molecular weight excluding hydrogens is 226 g/mol. The zero-order valence-electron chi connectivity index (χ0n) is 10.8. The molecule has 1 aromatic carbocycles. The zero-order chi connectivity index (χ0) is 13.0. The summed E-state index contributed by atoms with van der Waals surface area (Å²) in [4.78, 5) is 0. The lowest BCUT2D eigenvalue weighted by Crippen LogP contribution is -2.09. The van der Waals surface area contributed by atoms with E-state index in [1.807, 2.05) is 29.9 Å². The summed E-state index contributed by atoms with van der Waals surface area (Å²) in [5.41, 5.74) is 3.25. The SMILES string of the molecule is CCCn1nccc1CNc1ccc(O)cc1C. The van der Waals surface area contributed by atoms with E-state index in [-0.39, 0.29) is 0 Å². The third kappa shape index (κ3) is 2.83. The molecule has 0 fully saturated rings. The van der Waals surface area contributed by atoms with Gasteiger partial charge in [-0.05, 0) is 43.2 Å². The van der Waals surface area contributed by atoms with Crippen LogP contribution in [0.4, 0.5) is 5.69 Å². The monoisotopic (exact) mass is 245 g/mol. The molecule has 0 amide bonds. The molecule has 2 N–H and O–H groups in total. The zero-order valence-corrected chi connectivity index (χ0v) is 10.8. The van der Waals surface area contributed by atoms with Crippen molar-refractivity contribution in [3.05, 3.63) is 41.7 Å². The number of benzene rings is 1. The van der Waals surface area contributed by atoms with E-state index in [9.17, 15) is 5.11 Å². The van der Waals surface area contributed by atoms with Crippen molar-refractivity contribution in [3.63, 3.8) is 0 Å². The van der Waals surface area contributed by atoms with Crippen LogP contribution in [0.2, 0.25) is 0 Å². The highest BCUT2D eigenvalue weighted by atomic mass is 16.3. The molecule has 0 radical (unpaired) electrons. The van der Waals surface area contributed by atoms with Crippen LogP contribution in [0.25, 0.3) is 0 Å². The van der Waals surface area contributed by atoms with E-state index in [2.05, 4.69) is 17.3 Å². The minimum Gasteiger partial charge on any atom is -0.508 e. The fraction of sp³-hybridized carbons (Fsp3) is 0.357. The number of aryl methyl sites for hydroxylation is 2. The topological polar surface area (TPSA) is 50.1 Å². The quantitative estimate of drug-likeness (QED) is 0.796. The Morgan fingerprint density at radius 3 is 2.89 bits per heavy atom. The summed E-state index contributed by atoms with van der Waals surface area (Å²) in [7, 11) is 0. The number of anilines is 1. The average molecular weight is 245 g/mol. The second-order valence-electron chi connectivity index (χ2n) is 4.40. The molecule has 0 saturated carbocycles. The van der Waals surface area contributed by atoms with Gasteiger partial charge in [-0.3, -0.25) is 4.68 Å². The third-order valence-corrected chi connectivity index (χ3v) is 2.91. The molecule has 0 atom stereocenters. The normalized spacial score (nSPS) is 10.6. The largest absolute Gasteiger partial charge is 0.508 e. The Balaban J connectivity index is 2.04. The maximum Gasteiger partial charge on any atom is 0.115 e. The molecule has 4 heteroatoms. The lowest BCUT2D eigenvalue weighted by molar-refractivity contribution is 0.475. The number of hydrogen-bond acceptors (Lipinski definition) is 3. The molecule has 0 saturated heterocycles. The van der Waals surface area contributed by atoms with Crippen molar-refractivity contribution in [2.75, 3.05) is 5.32 Å². The predicted octanol–water partition coefficient (Wildman–Crippen LogP) is 2.92. The summed E-state index contributed by atoms with van der Waals surface area (Å²) in [6, 6.07) is 7.37. The van der Waals surface area contributed by atoms with Gasteiger partial charge in [0.15, 0.2) is 0 Å². The second-order valence-corrected chi connectivity index (χ2v) is 4.40. The number of nitrogens with one attached hydrogen (secondary N) is 1. The van der Waals surface area contributed by atoms with Gasteiger partial charge in [-0.15, -0.1) is 0 Å². The molecule has 2 aromatic rings. The van der Waals surface area contributed by atoms with Crippen molar-refractivity contribution in [3.8, 4) is 5.75 Å². The summed E-state index contributed by atoms with van der Waals surface area (Å²) >= 11 is 0. The van der Waals surface area contributed by atoms with Crippen LogP contribution in [0.5, 0.6) is 5.75 Å². The standard InChI is InChI=1S/C14H19N3O/c1-3-8-17-12(6-7-16-17)10-15-14-5-4-13(18)9-11(14)2/h4-7,9,15,18H,3,8,10H2,1-2H3. The van der Waals surface area contributed by atoms with Crippen molar-refractivity contribution >= 4 is 5.69 Å². The van der Waals surface area contributed by atoms with Crippen LogP contribution < -0.4 is 5.32 Å². The van der Waals surface area contributed by atoms with Crippen LogP contribution in [0.3, 0.4) is 0 Å². The number of phenolic OH excluding ortho intramolecular Hbond substituents is 1. The van der Waals surface area contributed by atoms with Crippen LogP contribution in [0.1, 0.15) is 24.6 Å². The maximum atomic E-state index is 9.36. The number of aromatic hydroxyl groups is 1. The van der Waals surface area contributed by atoms with Crippen molar-refractivity contribution < 1.29 is 5.11 Å². The number of rotatable bonds is 5. The molecule has 1 aromatic heterocycles. The van der Waals surface area contributed by atoms with Crippen molar-refractivity contribution in [2.24, 2.45) is 0 Å². The Morgan fingerprint density at radius 2 is 2.17 bits per heavy atom. The smallest absolute Gasteiger partial charge is 0.115 e. The minimum atomic E-state index is 0.300. The molecule has 2 rings (SSSR count). The molecule has 0 aliphatic rings. The number of nitrogens with zero attached hydrogens (tertiary/aromatic N) is 2. The third-order valence-electron chi connectivity index (χ3n) is 2.91. The Labute approximate surface area is 107 Å². The summed E-state index contributed by atoms with van der Waals surface area (Å²) in [5, 5.41) is 17.0. The Morgan fingerprint density at radius 1 is 1.33 bits per heavy atom. The van der Waals surface area contributed by atoms with Gasteiger partial charge in [-0.1, -0.05) is 6.92 Å². The second kappa shape index (κ2) is 5.58. The summed E-state index contributed by atoms with van der Waals surface area (Å²) in [6.07, 6.45) is 2.91. The van der Waals surface area contributed by atoms with Gasteiger partial charge in [0.1, 0.15) is 5.75 Å². The summed E-state index contributed by atoms with van der Waals surface area (Å²) in [5.74, 6) is 0.300. The minimum absolute atomic E-state index is 0.300. The summed E-state index contributed by atoms with van der Waals surface area (Å²) < 4.78 is 2.02. The molecule has 0 aliphatic carbocycles. The first kappa shape index (κ1) is 12.5. The molecule has 4 nitrogen and oxygen atoms in total. The average Bonchev–Trinajstić information content (AvgIpc) is 2.76. The predicted molar refractivity (Wildman–Crippen MR) is 72.7 cm³/mol. The van der Waals surface area contributed by atoms with Crippen molar-refractivity contribution in [1.82, 2.24) is 9.78 Å². The van der Waals surface area contributed by atoms with Gasteiger partial charge < -0.3 is 10.4 Å². The molecule has 1 heterocycles. The molecule has 18 heavy (non-hydrogen) atoms. The van der Waals surface area contributed by atoms with Crippen molar-refractivity contribution in [1.29, 1.82) is 0 Å². The summed E-state index contributed by atoms with van der Waals surface area (Å²) in [6.45, 7) is 5.80. The number of phenols is 1. The maximum absolute atomic E-state index is 9.36. The Bertz CT molecular complexity index is 520. The molecule has 0 unspecified atom stereocenters. The van der Waals surface area contributed by atoms with Crippen LogP contribution in [-0.4, -0.2) is 14.9 Å². The van der Waals surface area contributed by atoms with Gasteiger partial charge in [0.25, 0.3) is 0 Å². The van der Waals surface area contributed by atoms with E-state index in [1.165, 1.54) is 5.69 Å². The lowest BCUT2D eigenvalue weighted by atomic mass is 10.2. The van der Waals surface area contributed by atoms with Crippen LogP contribution in [0.15, 0.2) is 30.5 Å². The van der Waals surface area contributed by atoms with Crippen LogP contribution in [-0.2, 0) is 13.1 Å². The highest BCUT2D eigenvalue weighted by Crippen LogP contribution is 2.20. The molecule has 0 bridgehead atoms. The van der Waals surface area contributed by atoms with E-state index in [1.54, 1.807) is 12.1 Å². The van der Waals surface area contributed by atoms with Gasteiger partial charge in [0, 0.05) is 18.4 Å². The molecular formula is C14H19N3O. The van der Waals surface area contributed by atoms with Crippen molar-refractivity contribution in [2.45, 2.75) is 33.4 Å². The van der Waals surface area contributed by atoms with Gasteiger partial charge in [0.05, 0.1) is 12.2 Å². The highest BCUT2D eigenvalue weighted by Gasteiger charge is 2.03. The Hall–Kier alpha value is -1.97. The van der Waals surface area contributed by atoms with E-state index >= 15 is 0 Å². The first-order valence-corrected chi connectivity index (χ1v) is 6.25. The van der Waals surface area contributed by atoms with E-state index in [0.717, 1.165) is 30.8 Å². The van der Waals surface area contributed by atoms with Crippen LogP contribution >= 0.6 is 0 Å². The Kier molecular flexibility index (Phi) is 3.87.